The topological polar surface area (TPSA) is 85.8 Å². The Kier molecular flexibility index (Phi) is 3.70. The lowest BCUT2D eigenvalue weighted by Gasteiger charge is -2.23. The number of carbonyl (C=O) groups excluding carboxylic acids is 1. The van der Waals surface area contributed by atoms with E-state index in [4.69, 9.17) is 5.73 Å². The molecule has 1 amide bonds. The number of amides is 1. The van der Waals surface area contributed by atoms with Crippen LogP contribution in [0.5, 0.6) is 0 Å². The van der Waals surface area contributed by atoms with Crippen LogP contribution in [-0.2, 0) is 20.0 Å². The molecule has 1 aliphatic rings. The summed E-state index contributed by atoms with van der Waals surface area (Å²) in [4.78, 5) is 16.5. The van der Waals surface area contributed by atoms with Crippen molar-refractivity contribution in [1.29, 1.82) is 0 Å². The van der Waals surface area contributed by atoms with Crippen LogP contribution in [-0.4, -0.2) is 20.7 Å². The first-order valence-corrected chi connectivity index (χ1v) is 7.15. The Morgan fingerprint density at radius 2 is 2.43 bits per heavy atom. The number of hydrogen-bond acceptors (Lipinski definition) is 4. The largest absolute Gasteiger partial charge is 0.345 e. The first-order valence-electron chi connectivity index (χ1n) is 7.15. The first kappa shape index (κ1) is 13.8. The number of carbonyl (C=O) groups is 1. The van der Waals surface area contributed by atoms with Crippen LogP contribution in [0.25, 0.3) is 0 Å². The summed E-state index contributed by atoms with van der Waals surface area (Å²) in [6, 6.07) is 3.48. The number of rotatable bonds is 3. The van der Waals surface area contributed by atoms with Crippen LogP contribution in [0.2, 0.25) is 0 Å². The van der Waals surface area contributed by atoms with Gasteiger partial charge in [-0.05, 0) is 31.4 Å². The molecule has 0 spiro atoms. The van der Waals surface area contributed by atoms with Gasteiger partial charge >= 0.3 is 0 Å². The summed E-state index contributed by atoms with van der Waals surface area (Å²) in [6.45, 7) is 0.331. The Labute approximate surface area is 123 Å². The van der Waals surface area contributed by atoms with Gasteiger partial charge in [0, 0.05) is 36.6 Å². The fourth-order valence-corrected chi connectivity index (χ4v) is 2.83. The quantitative estimate of drug-likeness (QED) is 0.883. The lowest BCUT2D eigenvalue weighted by atomic mass is 9.93. The molecule has 6 heteroatoms. The molecule has 6 nitrogen and oxygen atoms in total. The van der Waals surface area contributed by atoms with E-state index < -0.39 is 0 Å². The molecule has 0 fully saturated rings. The maximum absolute atomic E-state index is 12.4. The highest BCUT2D eigenvalue weighted by Gasteiger charge is 2.25. The Morgan fingerprint density at radius 3 is 3.24 bits per heavy atom. The molecule has 110 valence electrons. The summed E-state index contributed by atoms with van der Waals surface area (Å²) in [7, 11) is 1.94. The van der Waals surface area contributed by atoms with Gasteiger partial charge in [-0.2, -0.15) is 5.10 Å². The van der Waals surface area contributed by atoms with E-state index in [1.54, 1.807) is 18.3 Å². The molecule has 0 bridgehead atoms. The molecule has 1 unspecified atom stereocenters. The minimum atomic E-state index is -0.0891. The SMILES string of the molecule is Cn1ncc2c1CCCC2NC(=O)c1ccnc(CN)c1. The molecule has 2 aromatic heterocycles. The van der Waals surface area contributed by atoms with Crippen LogP contribution >= 0.6 is 0 Å². The summed E-state index contributed by atoms with van der Waals surface area (Å²) in [6.07, 6.45) is 6.50. The molecule has 1 atom stereocenters. The predicted octanol–water partition coefficient (Wildman–Crippen LogP) is 1.08. The smallest absolute Gasteiger partial charge is 0.251 e. The second-order valence-corrected chi connectivity index (χ2v) is 5.33. The Bertz CT molecular complexity index is 664. The van der Waals surface area contributed by atoms with Crippen molar-refractivity contribution in [2.75, 3.05) is 0 Å². The van der Waals surface area contributed by atoms with Gasteiger partial charge in [0.1, 0.15) is 0 Å². The van der Waals surface area contributed by atoms with Crippen molar-refractivity contribution in [1.82, 2.24) is 20.1 Å². The fourth-order valence-electron chi connectivity index (χ4n) is 2.83. The Morgan fingerprint density at radius 1 is 1.57 bits per heavy atom. The number of nitrogens with one attached hydrogen (secondary N) is 1. The van der Waals surface area contributed by atoms with E-state index in [0.717, 1.165) is 24.8 Å². The zero-order valence-electron chi connectivity index (χ0n) is 12.0. The first-order chi connectivity index (χ1) is 10.2. The van der Waals surface area contributed by atoms with Crippen LogP contribution in [0.15, 0.2) is 24.5 Å². The molecule has 0 radical (unpaired) electrons. The Balaban J connectivity index is 1.79. The lowest BCUT2D eigenvalue weighted by molar-refractivity contribution is 0.0932. The highest BCUT2D eigenvalue weighted by atomic mass is 16.1. The zero-order chi connectivity index (χ0) is 14.8. The van der Waals surface area contributed by atoms with E-state index in [9.17, 15) is 4.79 Å². The number of nitrogens with two attached hydrogens (primary N) is 1. The van der Waals surface area contributed by atoms with Crippen molar-refractivity contribution in [3.05, 3.63) is 47.0 Å². The van der Waals surface area contributed by atoms with E-state index in [0.29, 0.717) is 17.8 Å². The maximum Gasteiger partial charge on any atom is 0.251 e. The van der Waals surface area contributed by atoms with Crippen molar-refractivity contribution < 1.29 is 4.79 Å². The molecule has 1 aliphatic carbocycles. The highest BCUT2D eigenvalue weighted by molar-refractivity contribution is 5.94. The number of aromatic nitrogens is 3. The monoisotopic (exact) mass is 285 g/mol. The molecule has 3 N–H and O–H groups in total. The molecular formula is C15H19N5O. The van der Waals surface area contributed by atoms with Gasteiger partial charge in [-0.15, -0.1) is 0 Å². The summed E-state index contributed by atoms with van der Waals surface area (Å²) < 4.78 is 1.90. The molecule has 0 aliphatic heterocycles. The molecule has 0 aromatic carbocycles. The van der Waals surface area contributed by atoms with Crippen molar-refractivity contribution in [3.63, 3.8) is 0 Å². The van der Waals surface area contributed by atoms with Crippen molar-refractivity contribution in [2.45, 2.75) is 31.8 Å². The number of pyridine rings is 1. The highest BCUT2D eigenvalue weighted by Crippen LogP contribution is 2.29. The van der Waals surface area contributed by atoms with Crippen LogP contribution in [0.4, 0.5) is 0 Å². The van der Waals surface area contributed by atoms with Crippen molar-refractivity contribution in [3.8, 4) is 0 Å². The lowest BCUT2D eigenvalue weighted by Crippen LogP contribution is -2.31. The summed E-state index contributed by atoms with van der Waals surface area (Å²) in [5.41, 5.74) is 9.22. The van der Waals surface area contributed by atoms with Crippen LogP contribution < -0.4 is 11.1 Å². The summed E-state index contributed by atoms with van der Waals surface area (Å²) in [5, 5.41) is 7.39. The van der Waals surface area contributed by atoms with E-state index in [1.807, 2.05) is 17.9 Å². The van der Waals surface area contributed by atoms with E-state index in [-0.39, 0.29) is 11.9 Å². The van der Waals surface area contributed by atoms with Gasteiger partial charge in [0.15, 0.2) is 0 Å². The van der Waals surface area contributed by atoms with Gasteiger partial charge < -0.3 is 11.1 Å². The normalized spacial score (nSPS) is 17.3. The fraction of sp³-hybridized carbons (Fsp3) is 0.400. The molecule has 0 saturated carbocycles. The zero-order valence-corrected chi connectivity index (χ0v) is 12.0. The van der Waals surface area contributed by atoms with Crippen molar-refractivity contribution >= 4 is 5.91 Å². The number of aryl methyl sites for hydroxylation is 1. The summed E-state index contributed by atoms with van der Waals surface area (Å²) >= 11 is 0. The second kappa shape index (κ2) is 5.65. The average molecular weight is 285 g/mol. The summed E-state index contributed by atoms with van der Waals surface area (Å²) in [5.74, 6) is -0.0891. The van der Waals surface area contributed by atoms with Gasteiger partial charge in [0.05, 0.1) is 17.9 Å². The van der Waals surface area contributed by atoms with E-state index >= 15 is 0 Å². The van der Waals surface area contributed by atoms with Crippen molar-refractivity contribution in [2.24, 2.45) is 12.8 Å². The Hall–Kier alpha value is -2.21. The van der Waals surface area contributed by atoms with Crippen LogP contribution in [0.3, 0.4) is 0 Å². The number of nitrogens with zero attached hydrogens (tertiary/aromatic N) is 3. The van der Waals surface area contributed by atoms with Gasteiger partial charge in [0.25, 0.3) is 5.91 Å². The molecule has 21 heavy (non-hydrogen) atoms. The average Bonchev–Trinajstić information content (AvgIpc) is 2.90. The third-order valence-corrected chi connectivity index (χ3v) is 3.97. The molecule has 0 saturated heterocycles. The minimum Gasteiger partial charge on any atom is -0.345 e. The van der Waals surface area contributed by atoms with Gasteiger partial charge in [-0.25, -0.2) is 0 Å². The number of fused-ring (bicyclic) bond motifs is 1. The molecular weight excluding hydrogens is 266 g/mol. The standard InChI is InChI=1S/C15H19N5O/c1-20-14-4-2-3-13(12(14)9-18-20)19-15(21)10-5-6-17-11(7-10)8-16/h5-7,9,13H,2-4,8,16H2,1H3,(H,19,21). The molecule has 3 rings (SSSR count). The van der Waals surface area contributed by atoms with Crippen LogP contribution in [0.1, 0.15) is 46.2 Å². The maximum atomic E-state index is 12.4. The third kappa shape index (κ3) is 2.67. The third-order valence-electron chi connectivity index (χ3n) is 3.97. The predicted molar refractivity (Wildman–Crippen MR) is 78.5 cm³/mol. The van der Waals surface area contributed by atoms with Crippen LogP contribution in [0, 0.1) is 0 Å². The second-order valence-electron chi connectivity index (χ2n) is 5.33. The van der Waals surface area contributed by atoms with Gasteiger partial charge in [0.2, 0.25) is 0 Å². The minimum absolute atomic E-state index is 0.0319. The van der Waals surface area contributed by atoms with E-state index in [1.165, 1.54) is 5.69 Å². The van der Waals surface area contributed by atoms with Gasteiger partial charge in [-0.3, -0.25) is 14.5 Å². The number of hydrogen-bond donors (Lipinski definition) is 2. The van der Waals surface area contributed by atoms with E-state index in [2.05, 4.69) is 15.4 Å². The molecule has 2 heterocycles. The van der Waals surface area contributed by atoms with Gasteiger partial charge in [-0.1, -0.05) is 0 Å². The molecule has 2 aromatic rings.